The molecule has 0 aliphatic heterocycles. The summed E-state index contributed by atoms with van der Waals surface area (Å²) in [6.07, 6.45) is -5.42. The highest BCUT2D eigenvalue weighted by molar-refractivity contribution is 9.09. The molecule has 1 unspecified atom stereocenters. The number of ether oxygens (including phenoxy) is 1. The number of aliphatic hydroxyl groups excluding tert-OH is 2. The van der Waals surface area contributed by atoms with Gasteiger partial charge in [0.1, 0.15) is 18.8 Å². The van der Waals surface area contributed by atoms with Gasteiger partial charge < -0.3 is 30.3 Å². The van der Waals surface area contributed by atoms with Gasteiger partial charge in [0.2, 0.25) is 5.60 Å². The maximum absolute atomic E-state index is 12.4. The second kappa shape index (κ2) is 9.29. The maximum Gasteiger partial charge on any atom is 0.349 e. The average molecular weight is 471 g/mol. The van der Waals surface area contributed by atoms with Crippen LogP contribution in [0.5, 0.6) is 0 Å². The summed E-state index contributed by atoms with van der Waals surface area (Å²) in [4.78, 5) is 60.3. The van der Waals surface area contributed by atoms with Crippen molar-refractivity contribution in [3.8, 4) is 0 Å². The number of halogens is 1. The topological polar surface area (TPSA) is 196 Å². The van der Waals surface area contributed by atoms with Crippen molar-refractivity contribution in [1.82, 2.24) is 0 Å². The van der Waals surface area contributed by atoms with Crippen LogP contribution in [0.3, 0.4) is 0 Å². The predicted octanol–water partition coefficient (Wildman–Crippen LogP) is -2.80. The fraction of sp³-hybridized carbons (Fsp3) is 0.688. The molecule has 0 aliphatic rings. The van der Waals surface area contributed by atoms with Crippen LogP contribution in [-0.4, -0.2) is 95.6 Å². The molecule has 0 bridgehead atoms. The molecular weight excluding hydrogens is 448 g/mol. The fourth-order valence-electron chi connectivity index (χ4n) is 2.71. The number of aliphatic hydroxyl groups is 5. The Hall–Kier alpha value is -1.57. The summed E-state index contributed by atoms with van der Waals surface area (Å²) in [5.41, 5.74) is -11.7. The summed E-state index contributed by atoms with van der Waals surface area (Å²) in [7, 11) is 0. The molecule has 0 saturated carbocycles. The maximum atomic E-state index is 12.4. The molecular formula is C16H23BrO11. The van der Waals surface area contributed by atoms with Crippen LogP contribution in [0.25, 0.3) is 0 Å². The second-order valence-electron chi connectivity index (χ2n) is 6.18. The van der Waals surface area contributed by atoms with Crippen LogP contribution in [0.4, 0.5) is 0 Å². The molecule has 0 heterocycles. The van der Waals surface area contributed by atoms with Crippen molar-refractivity contribution < 1.29 is 54.2 Å². The summed E-state index contributed by atoms with van der Waals surface area (Å²) in [5.74, 6) is -8.04. The number of hydrogen-bond donors (Lipinski definition) is 5. The van der Waals surface area contributed by atoms with Crippen LogP contribution in [0.1, 0.15) is 27.7 Å². The number of carbonyl (C=O) groups excluding carboxylic acids is 5. The minimum Gasteiger partial charge on any atom is -0.462 e. The third kappa shape index (κ3) is 3.93. The van der Waals surface area contributed by atoms with Crippen molar-refractivity contribution in [2.24, 2.45) is 0 Å². The van der Waals surface area contributed by atoms with Crippen molar-refractivity contribution in [2.75, 3.05) is 11.9 Å². The van der Waals surface area contributed by atoms with Crippen molar-refractivity contribution in [1.29, 1.82) is 0 Å². The van der Waals surface area contributed by atoms with Crippen LogP contribution in [0, 0.1) is 0 Å². The minimum absolute atomic E-state index is 0.0217. The standard InChI is InChI=1S/C16H23BrO11/c1-7(18)11(22)12(23)14(25,8(2)19)16(27,10(4)21)15(26,9(3)20)13(24)28-6-5-17/h11-12,22-23,25-27H,5-6H2,1-4H3/t11?,12-,14-,15+,16+/m1/s1. The number of ketones is 4. The summed E-state index contributed by atoms with van der Waals surface area (Å²) in [6, 6.07) is 0. The monoisotopic (exact) mass is 470 g/mol. The lowest BCUT2D eigenvalue weighted by Crippen LogP contribution is -2.82. The van der Waals surface area contributed by atoms with E-state index < -0.39 is 64.7 Å². The lowest BCUT2D eigenvalue weighted by molar-refractivity contribution is -0.257. The van der Waals surface area contributed by atoms with Gasteiger partial charge in [-0.15, -0.1) is 0 Å². The Labute approximate surface area is 168 Å². The third-order valence-electron chi connectivity index (χ3n) is 4.38. The molecule has 12 heteroatoms. The van der Waals surface area contributed by atoms with E-state index in [1.54, 1.807) is 0 Å². The van der Waals surface area contributed by atoms with Crippen LogP contribution in [-0.2, 0) is 28.7 Å². The highest BCUT2D eigenvalue weighted by atomic mass is 79.9. The van der Waals surface area contributed by atoms with Gasteiger partial charge in [-0.3, -0.25) is 19.2 Å². The number of carbonyl (C=O) groups is 5. The van der Waals surface area contributed by atoms with Gasteiger partial charge in [0.15, 0.2) is 28.7 Å². The number of rotatable bonds is 11. The normalized spacial score (nSPS) is 19.9. The molecule has 5 N–H and O–H groups in total. The zero-order valence-corrected chi connectivity index (χ0v) is 17.2. The van der Waals surface area contributed by atoms with E-state index in [4.69, 9.17) is 0 Å². The number of hydrogen-bond acceptors (Lipinski definition) is 11. The lowest BCUT2D eigenvalue weighted by atomic mass is 9.62. The van der Waals surface area contributed by atoms with E-state index in [0.717, 1.165) is 6.92 Å². The smallest absolute Gasteiger partial charge is 0.349 e. The minimum atomic E-state index is -4.02. The molecule has 11 nitrogen and oxygen atoms in total. The quantitative estimate of drug-likeness (QED) is 0.119. The molecule has 0 spiro atoms. The summed E-state index contributed by atoms with van der Waals surface area (Å²) >= 11 is 2.89. The van der Waals surface area contributed by atoms with Crippen LogP contribution in [0.15, 0.2) is 0 Å². The Bertz CT molecular complexity index is 678. The van der Waals surface area contributed by atoms with Crippen LogP contribution < -0.4 is 0 Å². The fourth-order valence-corrected chi connectivity index (χ4v) is 2.87. The van der Waals surface area contributed by atoms with Crippen molar-refractivity contribution in [3.05, 3.63) is 0 Å². The van der Waals surface area contributed by atoms with Gasteiger partial charge in [-0.25, -0.2) is 4.79 Å². The van der Waals surface area contributed by atoms with Crippen molar-refractivity contribution in [2.45, 2.75) is 56.7 Å². The van der Waals surface area contributed by atoms with Gasteiger partial charge in [0.25, 0.3) is 5.60 Å². The van der Waals surface area contributed by atoms with Gasteiger partial charge in [0.05, 0.1) is 0 Å². The van der Waals surface area contributed by atoms with Gasteiger partial charge >= 0.3 is 5.97 Å². The second-order valence-corrected chi connectivity index (χ2v) is 6.97. The molecule has 160 valence electrons. The molecule has 0 rings (SSSR count). The SMILES string of the molecule is CC(=O)C(O)[C@@H](O)[C@](O)(C(C)=O)[C@@](O)(C(C)=O)[C@](O)(C(C)=O)C(=O)OCCBr. The number of esters is 1. The van der Waals surface area contributed by atoms with Gasteiger partial charge in [-0.1, -0.05) is 15.9 Å². The lowest BCUT2D eigenvalue weighted by Gasteiger charge is -2.49. The number of Topliss-reactive ketones (excluding diaryl/α,β-unsaturated/α-hetero) is 4. The van der Waals surface area contributed by atoms with Gasteiger partial charge in [0, 0.05) is 5.33 Å². The summed E-state index contributed by atoms with van der Waals surface area (Å²) in [5, 5.41) is 52.5. The molecule has 0 saturated heterocycles. The first-order valence-electron chi connectivity index (χ1n) is 7.88. The van der Waals surface area contributed by atoms with E-state index in [-0.39, 0.29) is 5.33 Å². The van der Waals surface area contributed by atoms with E-state index >= 15 is 0 Å². The first-order chi connectivity index (χ1) is 12.6. The van der Waals surface area contributed by atoms with E-state index in [0.29, 0.717) is 20.8 Å². The molecule has 0 aromatic carbocycles. The molecule has 0 aromatic heterocycles. The Kier molecular flexibility index (Phi) is 8.76. The number of alkyl halides is 1. The average Bonchev–Trinajstić information content (AvgIpc) is 2.61. The highest BCUT2D eigenvalue weighted by Gasteiger charge is 2.76. The van der Waals surface area contributed by atoms with Crippen molar-refractivity contribution in [3.63, 3.8) is 0 Å². The highest BCUT2D eigenvalue weighted by Crippen LogP contribution is 2.40. The third-order valence-corrected chi connectivity index (χ3v) is 4.70. The van der Waals surface area contributed by atoms with Gasteiger partial charge in [-0.05, 0) is 27.7 Å². The Balaban J connectivity index is 7.05. The van der Waals surface area contributed by atoms with Gasteiger partial charge in [-0.2, -0.15) is 0 Å². The molecule has 0 aliphatic carbocycles. The Morgan fingerprint density at radius 2 is 1.36 bits per heavy atom. The Morgan fingerprint density at radius 1 is 0.893 bits per heavy atom. The zero-order chi connectivity index (χ0) is 22.7. The molecule has 28 heavy (non-hydrogen) atoms. The Morgan fingerprint density at radius 3 is 1.64 bits per heavy atom. The molecule has 5 atom stereocenters. The van der Waals surface area contributed by atoms with Crippen LogP contribution >= 0.6 is 15.9 Å². The van der Waals surface area contributed by atoms with E-state index in [2.05, 4.69) is 20.7 Å². The van der Waals surface area contributed by atoms with Crippen molar-refractivity contribution >= 4 is 45.0 Å². The predicted molar refractivity (Wildman–Crippen MR) is 94.3 cm³/mol. The van der Waals surface area contributed by atoms with E-state index in [1.807, 2.05) is 0 Å². The summed E-state index contributed by atoms with van der Waals surface area (Å²) < 4.78 is 4.57. The zero-order valence-electron chi connectivity index (χ0n) is 15.6. The van der Waals surface area contributed by atoms with E-state index in [9.17, 15) is 49.5 Å². The molecule has 0 aromatic rings. The first-order valence-corrected chi connectivity index (χ1v) is 9.00. The largest absolute Gasteiger partial charge is 0.462 e. The van der Waals surface area contributed by atoms with E-state index in [1.165, 1.54) is 0 Å². The molecule has 0 fully saturated rings. The molecule has 0 amide bonds. The van der Waals surface area contributed by atoms with Crippen LogP contribution in [0.2, 0.25) is 0 Å². The molecule has 0 radical (unpaired) electrons. The first kappa shape index (κ1) is 26.4. The summed E-state index contributed by atoms with van der Waals surface area (Å²) in [6.45, 7) is 1.90.